The van der Waals surface area contributed by atoms with E-state index in [9.17, 15) is 0 Å². The second kappa shape index (κ2) is 5.81. The zero-order valence-electron chi connectivity index (χ0n) is 10.0. The first-order valence-corrected chi connectivity index (χ1v) is 6.02. The van der Waals surface area contributed by atoms with Crippen molar-refractivity contribution < 1.29 is 9.47 Å². The molecule has 1 aromatic carbocycles. The molecule has 3 atom stereocenters. The molecule has 0 saturated carbocycles. The van der Waals surface area contributed by atoms with Crippen LogP contribution in [0, 0.1) is 11.3 Å². The van der Waals surface area contributed by atoms with Crippen LogP contribution in [-0.2, 0) is 15.9 Å². The minimum absolute atomic E-state index is 0.128. The van der Waals surface area contributed by atoms with Gasteiger partial charge in [-0.25, -0.2) is 0 Å². The van der Waals surface area contributed by atoms with Gasteiger partial charge in [-0.3, -0.25) is 0 Å². The van der Waals surface area contributed by atoms with E-state index in [4.69, 9.17) is 14.7 Å². The number of benzene rings is 1. The van der Waals surface area contributed by atoms with Gasteiger partial charge in [-0.05, 0) is 25.3 Å². The average Bonchev–Trinajstić information content (AvgIpc) is 2.37. The van der Waals surface area contributed by atoms with E-state index in [-0.39, 0.29) is 18.5 Å². The molecule has 3 nitrogen and oxygen atoms in total. The molecular weight excluding hydrogens is 214 g/mol. The molecule has 0 radical (unpaired) electrons. The summed E-state index contributed by atoms with van der Waals surface area (Å²) in [5.41, 5.74) is 1.31. The van der Waals surface area contributed by atoms with E-state index in [0.717, 1.165) is 12.8 Å². The van der Waals surface area contributed by atoms with Crippen LogP contribution < -0.4 is 0 Å². The summed E-state index contributed by atoms with van der Waals surface area (Å²) in [7, 11) is 0. The Morgan fingerprint density at radius 1 is 1.29 bits per heavy atom. The molecule has 0 unspecified atom stereocenters. The van der Waals surface area contributed by atoms with E-state index in [2.05, 4.69) is 18.2 Å². The largest absolute Gasteiger partial charge is 0.350 e. The van der Waals surface area contributed by atoms with Crippen molar-refractivity contribution >= 4 is 0 Å². The molecule has 0 N–H and O–H groups in total. The van der Waals surface area contributed by atoms with Crippen LogP contribution >= 0.6 is 0 Å². The third kappa shape index (κ3) is 3.55. The van der Waals surface area contributed by atoms with Crippen LogP contribution in [0.5, 0.6) is 0 Å². The van der Waals surface area contributed by atoms with Crippen molar-refractivity contribution in [1.82, 2.24) is 0 Å². The summed E-state index contributed by atoms with van der Waals surface area (Å²) in [5.74, 6) is 0. The van der Waals surface area contributed by atoms with E-state index in [1.54, 1.807) is 0 Å². The minimum atomic E-state index is -0.320. The maximum Gasteiger partial charge on any atom is 0.156 e. The summed E-state index contributed by atoms with van der Waals surface area (Å²) < 4.78 is 11.0. The molecule has 0 aliphatic carbocycles. The van der Waals surface area contributed by atoms with Crippen molar-refractivity contribution in [3.63, 3.8) is 0 Å². The number of hydrogen-bond donors (Lipinski definition) is 0. The van der Waals surface area contributed by atoms with Crippen molar-refractivity contribution in [2.45, 2.75) is 44.7 Å². The smallest absolute Gasteiger partial charge is 0.156 e. The highest BCUT2D eigenvalue weighted by Crippen LogP contribution is 2.21. The Hall–Kier alpha value is -1.37. The van der Waals surface area contributed by atoms with Gasteiger partial charge in [-0.15, -0.1) is 0 Å². The molecule has 0 amide bonds. The average molecular weight is 231 g/mol. The number of ether oxygens (including phenoxy) is 2. The molecular formula is C14H17NO2. The maximum atomic E-state index is 8.88. The Morgan fingerprint density at radius 2 is 2.06 bits per heavy atom. The lowest BCUT2D eigenvalue weighted by molar-refractivity contribution is -0.221. The quantitative estimate of drug-likeness (QED) is 0.803. The number of nitrogens with zero attached hydrogens (tertiary/aromatic N) is 1. The lowest BCUT2D eigenvalue weighted by atomic mass is 10.0. The van der Waals surface area contributed by atoms with Crippen molar-refractivity contribution in [2.75, 3.05) is 0 Å². The fourth-order valence-corrected chi connectivity index (χ4v) is 2.13. The Labute approximate surface area is 102 Å². The summed E-state index contributed by atoms with van der Waals surface area (Å²) in [6.07, 6.45) is 2.14. The minimum Gasteiger partial charge on any atom is -0.350 e. The molecule has 1 aliphatic rings. The zero-order chi connectivity index (χ0) is 12.1. The van der Waals surface area contributed by atoms with E-state index in [0.29, 0.717) is 6.42 Å². The van der Waals surface area contributed by atoms with Crippen molar-refractivity contribution in [2.24, 2.45) is 0 Å². The summed E-state index contributed by atoms with van der Waals surface area (Å²) in [6, 6.07) is 12.5. The summed E-state index contributed by atoms with van der Waals surface area (Å²) >= 11 is 0. The molecule has 1 aliphatic heterocycles. The number of nitriles is 1. The van der Waals surface area contributed by atoms with Gasteiger partial charge in [0.15, 0.2) is 6.29 Å². The van der Waals surface area contributed by atoms with Crippen LogP contribution in [0.4, 0.5) is 0 Å². The molecule has 3 heteroatoms. The highest BCUT2D eigenvalue weighted by molar-refractivity contribution is 5.14. The first kappa shape index (κ1) is 12.1. The van der Waals surface area contributed by atoms with Crippen molar-refractivity contribution in [1.29, 1.82) is 5.26 Å². The Bertz CT molecular complexity index is 385. The van der Waals surface area contributed by atoms with Gasteiger partial charge in [0.25, 0.3) is 0 Å². The van der Waals surface area contributed by atoms with Crippen LogP contribution in [-0.4, -0.2) is 18.5 Å². The van der Waals surface area contributed by atoms with Gasteiger partial charge in [0, 0.05) is 6.42 Å². The maximum absolute atomic E-state index is 8.88. The van der Waals surface area contributed by atoms with Gasteiger partial charge in [-0.1, -0.05) is 30.3 Å². The topological polar surface area (TPSA) is 42.2 Å². The lowest BCUT2D eigenvalue weighted by Crippen LogP contribution is -2.36. The molecule has 2 rings (SSSR count). The van der Waals surface area contributed by atoms with Gasteiger partial charge in [0.2, 0.25) is 0 Å². The number of aryl methyl sites for hydroxylation is 1. The SMILES string of the molecule is C[C@@H]1O[C@H](CCc2ccccc2)C[C@@H](C#N)O1. The van der Waals surface area contributed by atoms with Crippen molar-refractivity contribution in [3.8, 4) is 6.07 Å². The predicted octanol–water partition coefficient (Wildman–Crippen LogP) is 2.66. The van der Waals surface area contributed by atoms with Crippen LogP contribution in [0.2, 0.25) is 0 Å². The number of rotatable bonds is 3. The highest BCUT2D eigenvalue weighted by atomic mass is 16.7. The van der Waals surface area contributed by atoms with Gasteiger partial charge < -0.3 is 9.47 Å². The van der Waals surface area contributed by atoms with Gasteiger partial charge in [0.1, 0.15) is 6.10 Å². The third-order valence-corrected chi connectivity index (χ3v) is 2.96. The highest BCUT2D eigenvalue weighted by Gasteiger charge is 2.27. The van der Waals surface area contributed by atoms with Crippen LogP contribution in [0.25, 0.3) is 0 Å². The Morgan fingerprint density at radius 3 is 2.76 bits per heavy atom. The fraction of sp³-hybridized carbons (Fsp3) is 0.500. The summed E-state index contributed by atoms with van der Waals surface area (Å²) in [4.78, 5) is 0. The van der Waals surface area contributed by atoms with Crippen LogP contribution in [0.3, 0.4) is 0 Å². The molecule has 1 aromatic rings. The third-order valence-electron chi connectivity index (χ3n) is 2.96. The van der Waals surface area contributed by atoms with Crippen LogP contribution in [0.15, 0.2) is 30.3 Å². The first-order valence-electron chi connectivity index (χ1n) is 6.02. The van der Waals surface area contributed by atoms with Crippen molar-refractivity contribution in [3.05, 3.63) is 35.9 Å². The van der Waals surface area contributed by atoms with E-state index >= 15 is 0 Å². The molecule has 1 heterocycles. The molecule has 17 heavy (non-hydrogen) atoms. The molecule has 1 saturated heterocycles. The summed E-state index contributed by atoms with van der Waals surface area (Å²) in [5, 5.41) is 8.88. The van der Waals surface area contributed by atoms with Gasteiger partial charge >= 0.3 is 0 Å². The number of hydrogen-bond acceptors (Lipinski definition) is 3. The van der Waals surface area contributed by atoms with Gasteiger partial charge in [0.05, 0.1) is 12.2 Å². The lowest BCUT2D eigenvalue weighted by Gasteiger charge is -2.31. The second-order valence-corrected chi connectivity index (χ2v) is 4.34. The van der Waals surface area contributed by atoms with Crippen LogP contribution in [0.1, 0.15) is 25.3 Å². The normalized spacial score (nSPS) is 28.6. The van der Waals surface area contributed by atoms with E-state index in [1.165, 1.54) is 5.56 Å². The fourth-order valence-electron chi connectivity index (χ4n) is 2.13. The monoisotopic (exact) mass is 231 g/mol. The molecule has 90 valence electrons. The second-order valence-electron chi connectivity index (χ2n) is 4.34. The zero-order valence-corrected chi connectivity index (χ0v) is 10.0. The molecule has 0 spiro atoms. The summed E-state index contributed by atoms with van der Waals surface area (Å²) in [6.45, 7) is 1.85. The van der Waals surface area contributed by atoms with E-state index < -0.39 is 0 Å². The Balaban J connectivity index is 1.85. The Kier molecular flexibility index (Phi) is 4.13. The molecule has 0 bridgehead atoms. The predicted molar refractivity (Wildman–Crippen MR) is 64.2 cm³/mol. The molecule has 0 aromatic heterocycles. The van der Waals surface area contributed by atoms with Gasteiger partial charge in [-0.2, -0.15) is 5.26 Å². The van der Waals surface area contributed by atoms with E-state index in [1.807, 2.05) is 25.1 Å². The molecule has 1 fully saturated rings. The standard InChI is InChI=1S/C14H17NO2/c1-11-16-13(9-14(10-15)17-11)8-7-12-5-3-2-4-6-12/h2-6,11,13-14H,7-9H2,1H3/t11-,13-,14+/m1/s1. The first-order chi connectivity index (χ1) is 8.28.